The lowest BCUT2D eigenvalue weighted by molar-refractivity contribution is 0.102. The number of hydrogen-bond acceptors (Lipinski definition) is 7. The number of anilines is 2. The molecule has 0 bridgehead atoms. The lowest BCUT2D eigenvalue weighted by Crippen LogP contribution is -2.43. The molecular weight excluding hydrogens is 398 g/mol. The number of rotatable bonds is 4. The van der Waals surface area contributed by atoms with Crippen LogP contribution >= 0.6 is 11.3 Å². The Morgan fingerprint density at radius 2 is 1.97 bits per heavy atom. The molecule has 1 aliphatic heterocycles. The summed E-state index contributed by atoms with van der Waals surface area (Å²) in [6.07, 6.45) is 3.85. The van der Waals surface area contributed by atoms with Gasteiger partial charge in [-0.15, -0.1) is 10.2 Å². The molecule has 0 spiro atoms. The van der Waals surface area contributed by atoms with Gasteiger partial charge in [0.1, 0.15) is 0 Å². The molecule has 1 amide bonds. The predicted octanol–water partition coefficient (Wildman–Crippen LogP) is 3.06. The van der Waals surface area contributed by atoms with E-state index in [1.807, 2.05) is 48.5 Å². The molecule has 2 aromatic heterocycles. The molecule has 2 aromatic carbocycles. The fraction of sp³-hybridized carbons (Fsp3) is 0.238. The number of piperidine rings is 1. The molecule has 9 heteroatoms. The highest BCUT2D eigenvalue weighted by Crippen LogP contribution is 2.29. The minimum atomic E-state index is -0.288. The Kier molecular flexibility index (Phi) is 4.89. The van der Waals surface area contributed by atoms with Gasteiger partial charge in [-0.25, -0.2) is 4.68 Å². The van der Waals surface area contributed by atoms with Gasteiger partial charge in [0.25, 0.3) is 5.91 Å². The molecule has 0 aliphatic carbocycles. The number of nitrogens with two attached hydrogens (primary N) is 1. The van der Waals surface area contributed by atoms with E-state index >= 15 is 0 Å². The van der Waals surface area contributed by atoms with Crippen molar-refractivity contribution in [3.05, 3.63) is 59.7 Å². The van der Waals surface area contributed by atoms with Crippen molar-refractivity contribution in [2.45, 2.75) is 18.9 Å². The monoisotopic (exact) mass is 419 g/mol. The van der Waals surface area contributed by atoms with E-state index in [1.54, 1.807) is 10.9 Å². The molecule has 0 unspecified atom stereocenters. The molecule has 1 atom stereocenters. The Balaban J connectivity index is 1.38. The van der Waals surface area contributed by atoms with Crippen LogP contribution in [-0.4, -0.2) is 45.0 Å². The smallest absolute Gasteiger partial charge is 0.286 e. The molecule has 4 aromatic rings. The molecule has 1 fully saturated rings. The Morgan fingerprint density at radius 3 is 2.87 bits per heavy atom. The normalized spacial score (nSPS) is 16.7. The zero-order chi connectivity index (χ0) is 20.5. The van der Waals surface area contributed by atoms with Crippen LogP contribution in [0, 0.1) is 0 Å². The van der Waals surface area contributed by atoms with Gasteiger partial charge in [-0.1, -0.05) is 41.7 Å². The first-order valence-electron chi connectivity index (χ1n) is 9.86. The first-order valence-corrected chi connectivity index (χ1v) is 10.7. The van der Waals surface area contributed by atoms with Gasteiger partial charge in [0, 0.05) is 24.5 Å². The summed E-state index contributed by atoms with van der Waals surface area (Å²) in [5.74, 6) is -0.288. The quantitative estimate of drug-likeness (QED) is 0.527. The molecule has 3 N–H and O–H groups in total. The highest BCUT2D eigenvalue weighted by Gasteiger charge is 2.21. The minimum absolute atomic E-state index is 0.150. The number of aromatic nitrogens is 4. The van der Waals surface area contributed by atoms with Crippen LogP contribution in [0.4, 0.5) is 11.4 Å². The van der Waals surface area contributed by atoms with Crippen molar-refractivity contribution in [1.29, 1.82) is 0 Å². The second-order valence-corrected chi connectivity index (χ2v) is 8.28. The fourth-order valence-electron chi connectivity index (χ4n) is 3.78. The van der Waals surface area contributed by atoms with Crippen LogP contribution < -0.4 is 16.0 Å². The zero-order valence-corrected chi connectivity index (χ0v) is 17.0. The van der Waals surface area contributed by atoms with Gasteiger partial charge >= 0.3 is 0 Å². The number of fused-ring (bicyclic) bond motifs is 1. The standard InChI is InChI=1S/C21H21N7OS/c22-15-7-5-11-27(13-15)18-10-4-2-8-16(18)24-19(29)20-25-26-21(30-20)28-17-9-3-1-6-14(17)12-23-28/h1-4,6,8-10,12,15H,5,7,11,13,22H2,(H,24,29)/t15-/m0/s1. The number of hydrogen-bond donors (Lipinski definition) is 2. The van der Waals surface area contributed by atoms with Gasteiger partial charge in [-0.05, 0) is 31.0 Å². The Labute approximate surface area is 177 Å². The molecule has 1 saturated heterocycles. The number of para-hydroxylation sites is 3. The van der Waals surface area contributed by atoms with E-state index < -0.39 is 0 Å². The maximum absolute atomic E-state index is 12.9. The van der Waals surface area contributed by atoms with Gasteiger partial charge in [0.15, 0.2) is 0 Å². The summed E-state index contributed by atoms with van der Waals surface area (Å²) in [4.78, 5) is 15.1. The molecule has 0 saturated carbocycles. The van der Waals surface area contributed by atoms with E-state index in [4.69, 9.17) is 5.73 Å². The lowest BCUT2D eigenvalue weighted by Gasteiger charge is -2.33. The van der Waals surface area contributed by atoms with Crippen molar-refractivity contribution in [1.82, 2.24) is 20.0 Å². The summed E-state index contributed by atoms with van der Waals surface area (Å²) in [6.45, 7) is 1.71. The summed E-state index contributed by atoms with van der Waals surface area (Å²) in [6, 6.07) is 15.8. The van der Waals surface area contributed by atoms with Crippen LogP contribution in [0.3, 0.4) is 0 Å². The SMILES string of the molecule is N[C@H]1CCCN(c2ccccc2NC(=O)c2nnc(-n3ncc4ccccc43)s2)C1. The van der Waals surface area contributed by atoms with Crippen molar-refractivity contribution in [3.63, 3.8) is 0 Å². The molecule has 30 heavy (non-hydrogen) atoms. The topological polar surface area (TPSA) is 102 Å². The van der Waals surface area contributed by atoms with Crippen LogP contribution in [-0.2, 0) is 0 Å². The molecule has 152 valence electrons. The molecular formula is C21H21N7OS. The predicted molar refractivity (Wildman–Crippen MR) is 118 cm³/mol. The van der Waals surface area contributed by atoms with E-state index in [0.29, 0.717) is 5.13 Å². The van der Waals surface area contributed by atoms with Crippen LogP contribution in [0.15, 0.2) is 54.7 Å². The Hall–Kier alpha value is -3.30. The van der Waals surface area contributed by atoms with Gasteiger partial charge in [0.2, 0.25) is 10.1 Å². The molecule has 0 radical (unpaired) electrons. The molecule has 5 rings (SSSR count). The molecule has 3 heterocycles. The van der Waals surface area contributed by atoms with Crippen molar-refractivity contribution in [2.75, 3.05) is 23.3 Å². The number of benzene rings is 2. The first kappa shape index (κ1) is 18.7. The third kappa shape index (κ3) is 3.53. The average molecular weight is 420 g/mol. The van der Waals surface area contributed by atoms with Gasteiger partial charge in [-0.2, -0.15) is 5.10 Å². The molecule has 8 nitrogen and oxygen atoms in total. The second kappa shape index (κ2) is 7.85. The summed E-state index contributed by atoms with van der Waals surface area (Å²) in [5.41, 5.74) is 8.79. The third-order valence-corrected chi connectivity index (χ3v) is 6.12. The van der Waals surface area contributed by atoms with Crippen LogP contribution in [0.1, 0.15) is 22.6 Å². The van der Waals surface area contributed by atoms with E-state index in [9.17, 15) is 4.79 Å². The van der Waals surface area contributed by atoms with Crippen molar-refractivity contribution in [2.24, 2.45) is 5.73 Å². The summed E-state index contributed by atoms with van der Waals surface area (Å²) in [7, 11) is 0. The lowest BCUT2D eigenvalue weighted by atomic mass is 10.1. The average Bonchev–Trinajstić information content (AvgIpc) is 3.41. The first-order chi connectivity index (χ1) is 14.7. The number of nitrogens with one attached hydrogen (secondary N) is 1. The van der Waals surface area contributed by atoms with Crippen molar-refractivity contribution >= 4 is 39.5 Å². The number of amides is 1. The van der Waals surface area contributed by atoms with Gasteiger partial charge in [0.05, 0.1) is 23.1 Å². The third-order valence-electron chi connectivity index (χ3n) is 5.22. The number of carbonyl (C=O) groups excluding carboxylic acids is 1. The Bertz CT molecular complexity index is 1200. The van der Waals surface area contributed by atoms with Gasteiger partial charge < -0.3 is 16.0 Å². The van der Waals surface area contributed by atoms with Crippen LogP contribution in [0.5, 0.6) is 0 Å². The summed E-state index contributed by atoms with van der Waals surface area (Å²) in [5, 5.41) is 17.5. The van der Waals surface area contributed by atoms with E-state index in [2.05, 4.69) is 25.5 Å². The summed E-state index contributed by atoms with van der Waals surface area (Å²) >= 11 is 1.21. The largest absolute Gasteiger partial charge is 0.368 e. The zero-order valence-electron chi connectivity index (χ0n) is 16.2. The minimum Gasteiger partial charge on any atom is -0.368 e. The number of nitrogens with zero attached hydrogens (tertiary/aromatic N) is 5. The van der Waals surface area contributed by atoms with Gasteiger partial charge in [-0.3, -0.25) is 4.79 Å². The van der Waals surface area contributed by atoms with E-state index in [1.165, 1.54) is 11.3 Å². The highest BCUT2D eigenvalue weighted by molar-refractivity contribution is 7.15. The van der Waals surface area contributed by atoms with Crippen molar-refractivity contribution < 1.29 is 4.79 Å². The Morgan fingerprint density at radius 1 is 1.13 bits per heavy atom. The van der Waals surface area contributed by atoms with E-state index in [-0.39, 0.29) is 17.0 Å². The maximum atomic E-state index is 12.9. The summed E-state index contributed by atoms with van der Waals surface area (Å²) < 4.78 is 1.70. The van der Waals surface area contributed by atoms with Crippen molar-refractivity contribution in [3.8, 4) is 5.13 Å². The highest BCUT2D eigenvalue weighted by atomic mass is 32.1. The van der Waals surface area contributed by atoms with Crippen LogP contribution in [0.2, 0.25) is 0 Å². The van der Waals surface area contributed by atoms with Crippen LogP contribution in [0.25, 0.3) is 16.0 Å². The van der Waals surface area contributed by atoms with E-state index in [0.717, 1.165) is 48.2 Å². The second-order valence-electron chi connectivity index (χ2n) is 7.32. The maximum Gasteiger partial charge on any atom is 0.286 e. The number of carbonyl (C=O) groups is 1. The fourth-order valence-corrected chi connectivity index (χ4v) is 4.49. The molecule has 1 aliphatic rings.